The van der Waals surface area contributed by atoms with Crippen LogP contribution in [-0.2, 0) is 6.54 Å². The summed E-state index contributed by atoms with van der Waals surface area (Å²) in [6, 6.07) is 27.1. The van der Waals surface area contributed by atoms with Crippen molar-refractivity contribution in [2.75, 3.05) is 0 Å². The highest BCUT2D eigenvalue weighted by molar-refractivity contribution is 7.80. The summed E-state index contributed by atoms with van der Waals surface area (Å²) in [6.45, 7) is 0.582. The molecule has 0 bridgehead atoms. The number of rotatable bonds is 4. The second kappa shape index (κ2) is 7.64. The van der Waals surface area contributed by atoms with E-state index in [4.69, 9.17) is 4.74 Å². The summed E-state index contributed by atoms with van der Waals surface area (Å²) >= 11 is 4.38. The van der Waals surface area contributed by atoms with E-state index in [2.05, 4.69) is 12.6 Å². The lowest BCUT2D eigenvalue weighted by molar-refractivity contribution is -0.689. The topological polar surface area (TPSA) is 30.2 Å². The molecule has 3 nitrogen and oxygen atoms in total. The first-order chi connectivity index (χ1) is 13.2. The number of carbonyl (C=O) groups is 1. The van der Waals surface area contributed by atoms with Crippen LogP contribution in [0, 0.1) is 0 Å². The minimum Gasteiger partial charge on any atom is -0.417 e. The van der Waals surface area contributed by atoms with E-state index in [-0.39, 0.29) is 0 Å². The molecule has 4 rings (SSSR count). The molecule has 0 saturated carbocycles. The van der Waals surface area contributed by atoms with Crippen LogP contribution in [0.15, 0.2) is 96.0 Å². The maximum Gasteiger partial charge on any atom is 0.409 e. The Morgan fingerprint density at radius 1 is 0.852 bits per heavy atom. The molecule has 0 unspecified atom stereocenters. The van der Waals surface area contributed by atoms with Gasteiger partial charge in [0.2, 0.25) is 0 Å². The molecule has 0 fully saturated rings. The van der Waals surface area contributed by atoms with E-state index in [1.165, 1.54) is 0 Å². The number of benzene rings is 3. The summed E-state index contributed by atoms with van der Waals surface area (Å²) < 4.78 is 7.61. The normalized spacial score (nSPS) is 10.7. The molecule has 0 atom stereocenters. The van der Waals surface area contributed by atoms with Gasteiger partial charge in [0.25, 0.3) is 5.69 Å². The molecule has 4 aromatic rings. The fourth-order valence-electron chi connectivity index (χ4n) is 3.09. The smallest absolute Gasteiger partial charge is 0.409 e. The van der Waals surface area contributed by atoms with Crippen LogP contribution < -0.4 is 9.30 Å². The average molecular weight is 372 g/mol. The molecule has 4 heteroatoms. The van der Waals surface area contributed by atoms with Crippen LogP contribution in [0.5, 0.6) is 5.75 Å². The molecule has 0 aliphatic heterocycles. The molecular formula is C23H18NO2S+. The lowest BCUT2D eigenvalue weighted by Gasteiger charge is -2.09. The first-order valence-corrected chi connectivity index (χ1v) is 9.12. The lowest BCUT2D eigenvalue weighted by Crippen LogP contribution is -2.42. The van der Waals surface area contributed by atoms with Crippen LogP contribution in [0.4, 0.5) is 0 Å². The van der Waals surface area contributed by atoms with Gasteiger partial charge in [0, 0.05) is 16.5 Å². The van der Waals surface area contributed by atoms with Gasteiger partial charge in [0.1, 0.15) is 5.75 Å². The SMILES string of the molecule is O=C(Oc1ccccc1S)c1c2ccccc2cc[n+]1Cc1ccccc1. The maximum atomic E-state index is 13.1. The fourth-order valence-corrected chi connectivity index (χ4v) is 3.29. The average Bonchev–Trinajstić information content (AvgIpc) is 2.70. The van der Waals surface area contributed by atoms with E-state index in [0.29, 0.717) is 22.9 Å². The second-order valence-electron chi connectivity index (χ2n) is 6.22. The van der Waals surface area contributed by atoms with Crippen molar-refractivity contribution in [1.29, 1.82) is 0 Å². The van der Waals surface area contributed by atoms with Gasteiger partial charge < -0.3 is 4.74 Å². The minimum absolute atomic E-state index is 0.399. The third-order valence-corrected chi connectivity index (χ3v) is 4.76. The van der Waals surface area contributed by atoms with Crippen LogP contribution in [-0.4, -0.2) is 5.97 Å². The molecule has 0 aliphatic carbocycles. The van der Waals surface area contributed by atoms with Crippen molar-refractivity contribution in [1.82, 2.24) is 0 Å². The Bertz CT molecular complexity index is 1110. The molecule has 0 aliphatic rings. The molecule has 132 valence electrons. The molecule has 0 amide bonds. The molecule has 1 heterocycles. The number of fused-ring (bicyclic) bond motifs is 1. The van der Waals surface area contributed by atoms with Crippen LogP contribution >= 0.6 is 12.6 Å². The summed E-state index contributed by atoms with van der Waals surface area (Å²) in [6.07, 6.45) is 1.93. The van der Waals surface area contributed by atoms with Gasteiger partial charge in [-0.1, -0.05) is 60.7 Å². The molecule has 0 spiro atoms. The first kappa shape index (κ1) is 17.3. The fraction of sp³-hybridized carbons (Fsp3) is 0.0435. The maximum absolute atomic E-state index is 13.1. The van der Waals surface area contributed by atoms with Crippen molar-refractivity contribution in [3.05, 3.63) is 102 Å². The standard InChI is InChI=1S/C23H17NO2S/c25-23(26-20-12-6-7-13-21(20)27)22-19-11-5-4-10-18(19)14-15-24(22)16-17-8-2-1-3-9-17/h1-15H,16H2/p+1. The summed E-state index contributed by atoms with van der Waals surface area (Å²) in [5.41, 5.74) is 1.63. The van der Waals surface area contributed by atoms with Gasteiger partial charge in [-0.05, 0) is 23.6 Å². The van der Waals surface area contributed by atoms with Crippen molar-refractivity contribution in [3.8, 4) is 5.75 Å². The number of para-hydroxylation sites is 1. The number of thiol groups is 1. The highest BCUT2D eigenvalue weighted by Crippen LogP contribution is 2.24. The number of pyridine rings is 1. The quantitative estimate of drug-likeness (QED) is 0.244. The van der Waals surface area contributed by atoms with Gasteiger partial charge in [0.05, 0.1) is 5.39 Å². The second-order valence-corrected chi connectivity index (χ2v) is 6.70. The summed E-state index contributed by atoms with van der Waals surface area (Å²) in [4.78, 5) is 13.7. The van der Waals surface area contributed by atoms with E-state index >= 15 is 0 Å². The number of aromatic nitrogens is 1. The highest BCUT2D eigenvalue weighted by atomic mass is 32.1. The Hall–Kier alpha value is -3.11. The van der Waals surface area contributed by atoms with Crippen molar-refractivity contribution in [2.45, 2.75) is 11.4 Å². The van der Waals surface area contributed by atoms with Crippen molar-refractivity contribution >= 4 is 29.4 Å². The van der Waals surface area contributed by atoms with E-state index in [1.807, 2.05) is 83.6 Å². The van der Waals surface area contributed by atoms with Crippen molar-refractivity contribution in [2.24, 2.45) is 0 Å². The number of hydrogen-bond donors (Lipinski definition) is 1. The predicted molar refractivity (Wildman–Crippen MR) is 108 cm³/mol. The minimum atomic E-state index is -0.399. The summed E-state index contributed by atoms with van der Waals surface area (Å²) in [5, 5.41) is 1.85. The Balaban J connectivity index is 1.80. The third-order valence-electron chi connectivity index (χ3n) is 4.39. The zero-order valence-electron chi connectivity index (χ0n) is 14.6. The molecule has 0 saturated heterocycles. The molecule has 27 heavy (non-hydrogen) atoms. The van der Waals surface area contributed by atoms with Crippen LogP contribution in [0.1, 0.15) is 16.1 Å². The third kappa shape index (κ3) is 3.71. The molecular weight excluding hydrogens is 354 g/mol. The number of ether oxygens (including phenoxy) is 1. The van der Waals surface area contributed by atoms with Crippen LogP contribution in [0.3, 0.4) is 0 Å². The predicted octanol–water partition coefficient (Wildman–Crippen LogP) is 4.68. The summed E-state index contributed by atoms with van der Waals surface area (Å²) in [7, 11) is 0. The van der Waals surface area contributed by atoms with Gasteiger partial charge in [-0.25, -0.2) is 4.79 Å². The van der Waals surface area contributed by atoms with Gasteiger partial charge in [0.15, 0.2) is 12.7 Å². The first-order valence-electron chi connectivity index (χ1n) is 8.67. The molecule has 3 aromatic carbocycles. The zero-order chi connectivity index (χ0) is 18.6. The van der Waals surface area contributed by atoms with Crippen molar-refractivity contribution in [3.63, 3.8) is 0 Å². The van der Waals surface area contributed by atoms with E-state index < -0.39 is 5.97 Å². The van der Waals surface area contributed by atoms with E-state index in [0.717, 1.165) is 16.3 Å². The number of esters is 1. The van der Waals surface area contributed by atoms with E-state index in [9.17, 15) is 4.79 Å². The highest BCUT2D eigenvalue weighted by Gasteiger charge is 2.26. The lowest BCUT2D eigenvalue weighted by atomic mass is 10.1. The number of nitrogens with zero attached hydrogens (tertiary/aromatic N) is 1. The monoisotopic (exact) mass is 372 g/mol. The molecule has 1 aromatic heterocycles. The Labute approximate surface area is 163 Å². The largest absolute Gasteiger partial charge is 0.417 e. The van der Waals surface area contributed by atoms with Crippen molar-refractivity contribution < 1.29 is 14.1 Å². The number of hydrogen-bond acceptors (Lipinski definition) is 3. The number of carbonyl (C=O) groups excluding carboxylic acids is 1. The van der Waals surface area contributed by atoms with Gasteiger partial charge in [-0.2, -0.15) is 4.57 Å². The van der Waals surface area contributed by atoms with Crippen LogP contribution in [0.2, 0.25) is 0 Å². The Morgan fingerprint density at radius 3 is 2.37 bits per heavy atom. The summed E-state index contributed by atoms with van der Waals surface area (Å²) in [5.74, 6) is 0.0502. The van der Waals surface area contributed by atoms with E-state index in [1.54, 1.807) is 12.1 Å². The van der Waals surface area contributed by atoms with Gasteiger partial charge in [-0.3, -0.25) is 0 Å². The zero-order valence-corrected chi connectivity index (χ0v) is 15.5. The van der Waals surface area contributed by atoms with Crippen LogP contribution in [0.25, 0.3) is 10.8 Å². The molecule has 0 N–H and O–H groups in total. The Kier molecular flexibility index (Phi) is 4.90. The van der Waals surface area contributed by atoms with Gasteiger partial charge in [-0.15, -0.1) is 12.6 Å². The Morgan fingerprint density at radius 2 is 1.56 bits per heavy atom. The molecule has 0 radical (unpaired) electrons. The van der Waals surface area contributed by atoms with Gasteiger partial charge >= 0.3 is 5.97 Å².